The summed E-state index contributed by atoms with van der Waals surface area (Å²) in [5.74, 6) is -0.168. The lowest BCUT2D eigenvalue weighted by atomic mass is 9.81. The molecule has 19 heavy (non-hydrogen) atoms. The molecule has 0 saturated carbocycles. The van der Waals surface area contributed by atoms with Crippen molar-refractivity contribution in [3.05, 3.63) is 35.6 Å². The summed E-state index contributed by atoms with van der Waals surface area (Å²) in [6, 6.07) is 6.86. The Morgan fingerprint density at radius 1 is 1.47 bits per heavy atom. The molecule has 0 aliphatic carbocycles. The van der Waals surface area contributed by atoms with Crippen LogP contribution in [0.4, 0.5) is 4.39 Å². The van der Waals surface area contributed by atoms with Crippen molar-refractivity contribution in [2.24, 2.45) is 5.41 Å². The van der Waals surface area contributed by atoms with Crippen molar-refractivity contribution < 1.29 is 13.9 Å². The molecule has 1 aromatic rings. The summed E-state index contributed by atoms with van der Waals surface area (Å²) in [5, 5.41) is 3.41. The second-order valence-corrected chi connectivity index (χ2v) is 5.28. The molecule has 2 rings (SSSR count). The summed E-state index contributed by atoms with van der Waals surface area (Å²) >= 11 is 0. The third kappa shape index (κ3) is 4.27. The van der Waals surface area contributed by atoms with Crippen LogP contribution in [0.1, 0.15) is 12.0 Å². The standard InChI is InChI=1S/C15H22FNO2/c1-18-8-6-17-11-15(5-7-19-12-15)10-13-3-2-4-14(16)9-13/h2-4,9,17H,5-8,10-12H2,1H3. The molecule has 1 aliphatic heterocycles. The Morgan fingerprint density at radius 3 is 3.05 bits per heavy atom. The molecule has 1 aliphatic rings. The van der Waals surface area contributed by atoms with Gasteiger partial charge in [-0.05, 0) is 30.5 Å². The van der Waals surface area contributed by atoms with Crippen LogP contribution in [0, 0.1) is 11.2 Å². The number of halogens is 1. The molecule has 0 aromatic heterocycles. The monoisotopic (exact) mass is 267 g/mol. The third-order valence-electron chi connectivity index (χ3n) is 3.64. The van der Waals surface area contributed by atoms with Crippen LogP contribution in [-0.2, 0) is 15.9 Å². The minimum Gasteiger partial charge on any atom is -0.383 e. The molecule has 0 radical (unpaired) electrons. The summed E-state index contributed by atoms with van der Waals surface area (Å²) in [6.07, 6.45) is 1.87. The quantitative estimate of drug-likeness (QED) is 0.767. The molecule has 0 spiro atoms. The van der Waals surface area contributed by atoms with Crippen LogP contribution in [-0.4, -0.2) is 40.0 Å². The maximum absolute atomic E-state index is 13.3. The van der Waals surface area contributed by atoms with Gasteiger partial charge in [0, 0.05) is 32.2 Å². The van der Waals surface area contributed by atoms with Crippen molar-refractivity contribution in [3.63, 3.8) is 0 Å². The highest BCUT2D eigenvalue weighted by Gasteiger charge is 2.34. The number of nitrogens with one attached hydrogen (secondary N) is 1. The van der Waals surface area contributed by atoms with E-state index in [2.05, 4.69) is 5.32 Å². The predicted octanol–water partition coefficient (Wildman–Crippen LogP) is 2.01. The van der Waals surface area contributed by atoms with Gasteiger partial charge in [0.1, 0.15) is 5.82 Å². The van der Waals surface area contributed by atoms with Crippen molar-refractivity contribution >= 4 is 0 Å². The van der Waals surface area contributed by atoms with Gasteiger partial charge in [0.25, 0.3) is 0 Å². The number of hydrogen-bond acceptors (Lipinski definition) is 3. The molecule has 1 aromatic carbocycles. The van der Waals surface area contributed by atoms with Gasteiger partial charge >= 0.3 is 0 Å². The van der Waals surface area contributed by atoms with Gasteiger partial charge in [0.2, 0.25) is 0 Å². The van der Waals surface area contributed by atoms with Crippen LogP contribution >= 0.6 is 0 Å². The lowest BCUT2D eigenvalue weighted by molar-refractivity contribution is 0.145. The fraction of sp³-hybridized carbons (Fsp3) is 0.600. The van der Waals surface area contributed by atoms with Crippen LogP contribution in [0.5, 0.6) is 0 Å². The van der Waals surface area contributed by atoms with E-state index in [1.54, 1.807) is 19.2 Å². The van der Waals surface area contributed by atoms with Crippen molar-refractivity contribution in [2.45, 2.75) is 12.8 Å². The zero-order valence-corrected chi connectivity index (χ0v) is 11.5. The fourth-order valence-corrected chi connectivity index (χ4v) is 2.60. The van der Waals surface area contributed by atoms with E-state index in [4.69, 9.17) is 9.47 Å². The van der Waals surface area contributed by atoms with E-state index in [1.165, 1.54) is 6.07 Å². The van der Waals surface area contributed by atoms with Crippen LogP contribution in [0.2, 0.25) is 0 Å². The smallest absolute Gasteiger partial charge is 0.123 e. The molecule has 1 N–H and O–H groups in total. The largest absolute Gasteiger partial charge is 0.383 e. The first-order valence-electron chi connectivity index (χ1n) is 6.76. The van der Waals surface area contributed by atoms with E-state index >= 15 is 0 Å². The Bertz CT molecular complexity index is 391. The van der Waals surface area contributed by atoms with E-state index in [9.17, 15) is 4.39 Å². The molecule has 1 saturated heterocycles. The number of benzene rings is 1. The van der Waals surface area contributed by atoms with Crippen molar-refractivity contribution in [1.82, 2.24) is 5.32 Å². The molecule has 1 heterocycles. The topological polar surface area (TPSA) is 30.5 Å². The van der Waals surface area contributed by atoms with Gasteiger partial charge in [0.15, 0.2) is 0 Å². The molecule has 1 atom stereocenters. The molecule has 1 unspecified atom stereocenters. The highest BCUT2D eigenvalue weighted by Crippen LogP contribution is 2.32. The normalized spacial score (nSPS) is 22.8. The molecule has 106 valence electrons. The predicted molar refractivity (Wildman–Crippen MR) is 72.7 cm³/mol. The molecule has 0 amide bonds. The Morgan fingerprint density at radius 2 is 2.37 bits per heavy atom. The first kappa shape index (κ1) is 14.4. The zero-order chi connectivity index (χ0) is 13.6. The maximum Gasteiger partial charge on any atom is 0.123 e. The number of rotatable bonds is 7. The zero-order valence-electron chi connectivity index (χ0n) is 11.5. The van der Waals surface area contributed by atoms with Crippen molar-refractivity contribution in [3.8, 4) is 0 Å². The van der Waals surface area contributed by atoms with E-state index < -0.39 is 0 Å². The van der Waals surface area contributed by atoms with Crippen molar-refractivity contribution in [1.29, 1.82) is 0 Å². The average Bonchev–Trinajstić information content (AvgIpc) is 2.84. The third-order valence-corrected chi connectivity index (χ3v) is 3.64. The van der Waals surface area contributed by atoms with Gasteiger partial charge in [-0.1, -0.05) is 12.1 Å². The second-order valence-electron chi connectivity index (χ2n) is 5.28. The van der Waals surface area contributed by atoms with Gasteiger partial charge in [-0.15, -0.1) is 0 Å². The number of hydrogen-bond donors (Lipinski definition) is 1. The average molecular weight is 267 g/mol. The summed E-state index contributed by atoms with van der Waals surface area (Å²) in [4.78, 5) is 0. The lowest BCUT2D eigenvalue weighted by Gasteiger charge is -2.28. The number of ether oxygens (including phenoxy) is 2. The van der Waals surface area contributed by atoms with E-state index in [-0.39, 0.29) is 11.2 Å². The second kappa shape index (κ2) is 6.98. The van der Waals surface area contributed by atoms with Crippen LogP contribution in [0.3, 0.4) is 0 Å². The Kier molecular flexibility index (Phi) is 5.31. The molecule has 0 bridgehead atoms. The van der Waals surface area contributed by atoms with Crippen molar-refractivity contribution in [2.75, 3.05) is 40.0 Å². The minimum absolute atomic E-state index is 0.0849. The Labute approximate surface area is 114 Å². The lowest BCUT2D eigenvalue weighted by Crippen LogP contribution is -2.38. The maximum atomic E-state index is 13.3. The Hall–Kier alpha value is -0.970. The number of methoxy groups -OCH3 is 1. The molecule has 3 nitrogen and oxygen atoms in total. The summed E-state index contributed by atoms with van der Waals surface area (Å²) in [5.41, 5.74) is 1.13. The highest BCUT2D eigenvalue weighted by atomic mass is 19.1. The Balaban J connectivity index is 1.95. The molecule has 1 fully saturated rings. The minimum atomic E-state index is -0.168. The fourth-order valence-electron chi connectivity index (χ4n) is 2.60. The molecule has 4 heteroatoms. The molecular weight excluding hydrogens is 245 g/mol. The van der Waals surface area contributed by atoms with Gasteiger partial charge < -0.3 is 14.8 Å². The molecular formula is C15H22FNO2. The van der Waals surface area contributed by atoms with E-state index in [0.717, 1.165) is 44.7 Å². The van der Waals surface area contributed by atoms with Crippen LogP contribution < -0.4 is 5.32 Å². The first-order valence-corrected chi connectivity index (χ1v) is 6.76. The summed E-state index contributed by atoms with van der Waals surface area (Å²) in [6.45, 7) is 3.95. The highest BCUT2D eigenvalue weighted by molar-refractivity contribution is 5.18. The van der Waals surface area contributed by atoms with E-state index in [1.807, 2.05) is 6.07 Å². The van der Waals surface area contributed by atoms with Gasteiger partial charge in [0.05, 0.1) is 13.2 Å². The summed E-state index contributed by atoms with van der Waals surface area (Å²) < 4.78 is 23.8. The van der Waals surface area contributed by atoms with Gasteiger partial charge in [-0.2, -0.15) is 0 Å². The van der Waals surface area contributed by atoms with Gasteiger partial charge in [-0.3, -0.25) is 0 Å². The van der Waals surface area contributed by atoms with Gasteiger partial charge in [-0.25, -0.2) is 4.39 Å². The SMILES string of the molecule is COCCNCC1(Cc2cccc(F)c2)CCOC1. The van der Waals surface area contributed by atoms with E-state index in [0.29, 0.717) is 6.61 Å². The first-order chi connectivity index (χ1) is 9.24. The van der Waals surface area contributed by atoms with Crippen LogP contribution in [0.25, 0.3) is 0 Å². The summed E-state index contributed by atoms with van der Waals surface area (Å²) in [7, 11) is 1.70. The van der Waals surface area contributed by atoms with Crippen LogP contribution in [0.15, 0.2) is 24.3 Å².